The van der Waals surface area contributed by atoms with Crippen LogP contribution in [0.3, 0.4) is 0 Å². The van der Waals surface area contributed by atoms with Crippen LogP contribution in [0.15, 0.2) is 71.4 Å². The van der Waals surface area contributed by atoms with Gasteiger partial charge in [-0.2, -0.15) is 13.2 Å². The lowest BCUT2D eigenvalue weighted by Gasteiger charge is -2.19. The molecule has 2 heterocycles. The average Bonchev–Trinajstić information content (AvgIpc) is 3.46. The Morgan fingerprint density at radius 2 is 1.97 bits per heavy atom. The van der Waals surface area contributed by atoms with Crippen LogP contribution in [0.25, 0.3) is 22.1 Å². The molecule has 1 saturated heterocycles. The summed E-state index contributed by atoms with van der Waals surface area (Å²) < 4.78 is 60.7. The number of hydrazine groups is 1. The molecule has 190 valence electrons. The van der Waals surface area contributed by atoms with Crippen LogP contribution in [0.4, 0.5) is 17.6 Å². The summed E-state index contributed by atoms with van der Waals surface area (Å²) in [5, 5.41) is 1.80. The monoisotopic (exact) mass is 502 g/mol. The molecule has 0 bridgehead atoms. The summed E-state index contributed by atoms with van der Waals surface area (Å²) in [5.74, 6) is 0.368. The van der Waals surface area contributed by atoms with E-state index in [1.54, 1.807) is 49.5 Å². The van der Waals surface area contributed by atoms with Gasteiger partial charge in [0.25, 0.3) is 5.91 Å². The smallest absolute Gasteiger partial charge is 0.420 e. The number of fused-ring (bicyclic) bond motifs is 1. The van der Waals surface area contributed by atoms with E-state index in [0.717, 1.165) is 6.07 Å². The second-order valence-corrected chi connectivity index (χ2v) is 8.59. The van der Waals surface area contributed by atoms with E-state index in [1.165, 1.54) is 16.0 Å². The molecule has 0 radical (unpaired) electrons. The predicted octanol–water partition coefficient (Wildman–Crippen LogP) is 5.23. The average molecular weight is 503 g/mol. The van der Waals surface area contributed by atoms with Crippen LogP contribution >= 0.6 is 0 Å². The third-order valence-corrected chi connectivity index (χ3v) is 6.02. The van der Waals surface area contributed by atoms with Crippen LogP contribution in [0.2, 0.25) is 0 Å². The molecular formula is C26H26F4N4O2. The van der Waals surface area contributed by atoms with Crippen LogP contribution in [0.5, 0.6) is 0 Å². The van der Waals surface area contributed by atoms with E-state index >= 15 is 0 Å². The zero-order valence-electron chi connectivity index (χ0n) is 19.6. The number of hydrogen-bond acceptors (Lipinski definition) is 5. The summed E-state index contributed by atoms with van der Waals surface area (Å²) in [6.45, 7) is 4.07. The van der Waals surface area contributed by atoms with Crippen molar-refractivity contribution in [3.8, 4) is 11.1 Å². The molecule has 2 aromatic carbocycles. The molecule has 10 heteroatoms. The van der Waals surface area contributed by atoms with Gasteiger partial charge in [-0.25, -0.2) is 9.82 Å². The van der Waals surface area contributed by atoms with Gasteiger partial charge < -0.3 is 15.1 Å². The van der Waals surface area contributed by atoms with Gasteiger partial charge >= 0.3 is 6.18 Å². The maximum atomic E-state index is 13.9. The van der Waals surface area contributed by atoms with E-state index in [-0.39, 0.29) is 24.6 Å². The molecule has 0 spiro atoms. The van der Waals surface area contributed by atoms with Crippen molar-refractivity contribution in [2.45, 2.75) is 25.3 Å². The Morgan fingerprint density at radius 1 is 1.25 bits per heavy atom. The van der Waals surface area contributed by atoms with Gasteiger partial charge in [0.15, 0.2) is 0 Å². The van der Waals surface area contributed by atoms with Crippen molar-refractivity contribution in [1.29, 1.82) is 0 Å². The third-order valence-electron chi connectivity index (χ3n) is 6.02. The van der Waals surface area contributed by atoms with E-state index in [0.29, 0.717) is 46.6 Å². The van der Waals surface area contributed by atoms with Gasteiger partial charge in [0.05, 0.1) is 18.7 Å². The van der Waals surface area contributed by atoms with Crippen molar-refractivity contribution < 1.29 is 26.8 Å². The topological polar surface area (TPSA) is 74.7 Å². The minimum Gasteiger partial charge on any atom is -0.459 e. The first-order valence-electron chi connectivity index (χ1n) is 11.3. The number of nitrogens with zero attached hydrogens (tertiary/aromatic N) is 2. The molecule has 1 atom stereocenters. The fourth-order valence-corrected chi connectivity index (χ4v) is 4.08. The second kappa shape index (κ2) is 10.1. The zero-order chi connectivity index (χ0) is 26.0. The maximum Gasteiger partial charge on any atom is 0.420 e. The Morgan fingerprint density at radius 3 is 2.58 bits per heavy atom. The van der Waals surface area contributed by atoms with E-state index < -0.39 is 17.9 Å². The van der Waals surface area contributed by atoms with Gasteiger partial charge in [-0.3, -0.25) is 9.80 Å². The molecule has 0 unspecified atom stereocenters. The van der Waals surface area contributed by atoms with Crippen molar-refractivity contribution in [3.05, 3.63) is 83.9 Å². The lowest BCUT2D eigenvalue weighted by Crippen LogP contribution is -2.36. The molecule has 36 heavy (non-hydrogen) atoms. The second-order valence-electron chi connectivity index (χ2n) is 8.59. The Hall–Kier alpha value is -3.79. The molecular weight excluding hydrogens is 476 g/mol. The number of carbonyl (C=O) groups is 1. The van der Waals surface area contributed by atoms with E-state index in [1.807, 2.05) is 0 Å². The molecule has 3 N–H and O–H groups in total. The number of hydrogen-bond donors (Lipinski definition) is 2. The van der Waals surface area contributed by atoms with E-state index in [9.17, 15) is 22.4 Å². The van der Waals surface area contributed by atoms with Gasteiger partial charge in [-0.1, -0.05) is 24.8 Å². The maximum absolute atomic E-state index is 13.9. The molecule has 0 saturated carbocycles. The highest BCUT2D eigenvalue weighted by Crippen LogP contribution is 2.39. The Bertz CT molecular complexity index is 1300. The lowest BCUT2D eigenvalue weighted by molar-refractivity contribution is -0.136. The predicted molar refractivity (Wildman–Crippen MR) is 129 cm³/mol. The number of allylic oxidation sites excluding steroid dienone is 2. The van der Waals surface area contributed by atoms with Gasteiger partial charge in [0, 0.05) is 24.5 Å². The Kier molecular flexibility index (Phi) is 7.07. The van der Waals surface area contributed by atoms with Crippen LogP contribution in [0, 0.1) is 0 Å². The molecule has 1 aliphatic rings. The number of likely N-dealkylation sites (tertiary alicyclic amines) is 1. The van der Waals surface area contributed by atoms with Crippen molar-refractivity contribution in [1.82, 2.24) is 15.3 Å². The minimum atomic E-state index is -4.64. The van der Waals surface area contributed by atoms with Crippen molar-refractivity contribution in [2.75, 3.05) is 20.1 Å². The molecule has 4 rings (SSSR count). The summed E-state index contributed by atoms with van der Waals surface area (Å²) in [5.41, 5.74) is 8.82. The summed E-state index contributed by atoms with van der Waals surface area (Å²) in [6.07, 6.45) is -2.28. The molecule has 1 aliphatic heterocycles. The summed E-state index contributed by atoms with van der Waals surface area (Å²) in [7, 11) is 1.66. The fraction of sp³-hybridized carbons (Fsp3) is 0.269. The van der Waals surface area contributed by atoms with E-state index in [4.69, 9.17) is 10.2 Å². The fourth-order valence-electron chi connectivity index (χ4n) is 4.08. The zero-order valence-corrected chi connectivity index (χ0v) is 19.6. The molecule has 1 fully saturated rings. The highest BCUT2D eigenvalue weighted by atomic mass is 19.4. The number of nitrogens with two attached hydrogens (primary N) is 1. The van der Waals surface area contributed by atoms with Gasteiger partial charge in [-0.05, 0) is 54.0 Å². The first-order valence-corrected chi connectivity index (χ1v) is 11.3. The highest BCUT2D eigenvalue weighted by Gasteiger charge is 2.35. The SMILES string of the molecule is C=C/C=C(/N)N(C)NCc1cc2cc(-c3ccc(C(=O)N4CC[C@@H](F)C4)cc3)cc(C(F)(F)F)c2o1. The van der Waals surface area contributed by atoms with Crippen LogP contribution in [-0.4, -0.2) is 42.1 Å². The molecule has 6 nitrogen and oxygen atoms in total. The number of amides is 1. The van der Waals surface area contributed by atoms with Crippen molar-refractivity contribution >= 4 is 16.9 Å². The number of nitrogens with one attached hydrogen (secondary N) is 1. The number of carbonyl (C=O) groups excluding carboxylic acids is 1. The van der Waals surface area contributed by atoms with E-state index in [2.05, 4.69) is 12.0 Å². The number of benzene rings is 2. The summed E-state index contributed by atoms with van der Waals surface area (Å²) in [4.78, 5) is 14.0. The van der Waals surface area contributed by atoms with Gasteiger partial charge in [0.1, 0.15) is 23.3 Å². The summed E-state index contributed by atoms with van der Waals surface area (Å²) in [6, 6.07) is 10.4. The van der Waals surface area contributed by atoms with Crippen LogP contribution in [-0.2, 0) is 12.7 Å². The molecule has 3 aromatic rings. The van der Waals surface area contributed by atoms with Crippen molar-refractivity contribution in [2.24, 2.45) is 5.73 Å². The largest absolute Gasteiger partial charge is 0.459 e. The first kappa shape index (κ1) is 25.3. The minimum absolute atomic E-state index is 0.0524. The summed E-state index contributed by atoms with van der Waals surface area (Å²) >= 11 is 0. The lowest BCUT2D eigenvalue weighted by atomic mass is 9.99. The first-order chi connectivity index (χ1) is 17.1. The third kappa shape index (κ3) is 5.38. The number of halogens is 4. The van der Waals surface area contributed by atoms with Crippen LogP contribution < -0.4 is 11.2 Å². The molecule has 0 aliphatic carbocycles. The standard InChI is InChI=1S/C26H26F4N4O2/c1-3-4-23(31)33(2)32-14-21-12-19-11-18(13-22(24(19)36-21)26(28,29)30)16-5-7-17(8-6-16)25(35)34-10-9-20(27)15-34/h3-8,11-13,20,32H,1,9-10,14-15,31H2,2H3/b23-4-/t20-/m1/s1. The molecule has 1 amide bonds. The quantitative estimate of drug-likeness (QED) is 0.263. The highest BCUT2D eigenvalue weighted by molar-refractivity contribution is 5.95. The Balaban J connectivity index is 1.62. The van der Waals surface area contributed by atoms with Gasteiger partial charge in [0.2, 0.25) is 0 Å². The molecule has 1 aromatic heterocycles. The Labute approximate surface area is 205 Å². The van der Waals surface area contributed by atoms with Crippen LogP contribution in [0.1, 0.15) is 28.1 Å². The van der Waals surface area contributed by atoms with Gasteiger partial charge in [-0.15, -0.1) is 0 Å². The van der Waals surface area contributed by atoms with Crippen molar-refractivity contribution in [3.63, 3.8) is 0 Å². The normalized spacial score (nSPS) is 16.5. The number of alkyl halides is 4. The number of furan rings is 1. The number of rotatable bonds is 7.